The maximum atomic E-state index is 12.0. The fourth-order valence-corrected chi connectivity index (χ4v) is 3.17. The highest BCUT2D eigenvalue weighted by molar-refractivity contribution is 6.37. The third kappa shape index (κ3) is 6.73. The Labute approximate surface area is 174 Å². The Hall–Kier alpha value is -1.75. The van der Waals surface area contributed by atoms with Gasteiger partial charge in [-0.3, -0.25) is 4.79 Å². The molecule has 0 aliphatic carbocycles. The average Bonchev–Trinajstić information content (AvgIpc) is 2.62. The second kappa shape index (κ2) is 10.5. The Morgan fingerprint density at radius 1 is 1.11 bits per heavy atom. The van der Waals surface area contributed by atoms with Crippen molar-refractivity contribution >= 4 is 46.4 Å². The molecule has 0 fully saturated rings. The number of hydrogen-bond donors (Lipinski definition) is 1. The number of hydrogen-bond acceptors (Lipinski definition) is 3. The number of amides is 1. The van der Waals surface area contributed by atoms with Gasteiger partial charge in [0, 0.05) is 22.0 Å². The quantitative estimate of drug-likeness (QED) is 0.317. The summed E-state index contributed by atoms with van der Waals surface area (Å²) in [4.78, 5) is 12.0. The molecule has 0 atom stereocenters. The van der Waals surface area contributed by atoms with Crippen LogP contribution in [0.1, 0.15) is 37.3 Å². The van der Waals surface area contributed by atoms with Crippen LogP contribution in [0, 0.1) is 6.92 Å². The summed E-state index contributed by atoms with van der Waals surface area (Å²) in [6, 6.07) is 10.6. The molecule has 0 aliphatic rings. The standard InChI is InChI=1S/C20H21Cl3N2O2/c1-3-18(16-8-6-15(22)12-17(16)23)24-25-20(26)5-4-10-27-19-9-7-14(21)11-13(19)2/h6-9,11-12H,3-5,10H2,1-2H3,(H,25,26)/b24-18+. The summed E-state index contributed by atoms with van der Waals surface area (Å²) in [5.41, 5.74) is 4.99. The molecular weight excluding hydrogens is 407 g/mol. The van der Waals surface area contributed by atoms with Crippen molar-refractivity contribution in [3.8, 4) is 5.75 Å². The molecule has 0 saturated carbocycles. The van der Waals surface area contributed by atoms with Crippen molar-refractivity contribution in [1.82, 2.24) is 5.43 Å². The molecule has 144 valence electrons. The molecule has 0 radical (unpaired) electrons. The van der Waals surface area contributed by atoms with Gasteiger partial charge in [0.1, 0.15) is 5.75 Å². The van der Waals surface area contributed by atoms with E-state index in [0.717, 1.165) is 16.9 Å². The molecule has 0 unspecified atom stereocenters. The fourth-order valence-electron chi connectivity index (χ4n) is 2.43. The number of hydrazone groups is 1. The highest BCUT2D eigenvalue weighted by Crippen LogP contribution is 2.23. The second-order valence-corrected chi connectivity index (χ2v) is 7.21. The van der Waals surface area contributed by atoms with Gasteiger partial charge in [0.05, 0.1) is 17.3 Å². The lowest BCUT2D eigenvalue weighted by molar-refractivity contribution is -0.121. The number of nitrogens with one attached hydrogen (secondary N) is 1. The first-order chi connectivity index (χ1) is 12.9. The molecule has 2 rings (SSSR count). The molecule has 2 aromatic carbocycles. The number of benzene rings is 2. The molecule has 0 aliphatic heterocycles. The predicted octanol–water partition coefficient (Wildman–Crippen LogP) is 6.04. The molecule has 1 amide bonds. The van der Waals surface area contributed by atoms with Crippen molar-refractivity contribution in [3.05, 3.63) is 62.6 Å². The number of carbonyl (C=O) groups excluding carboxylic acids is 1. The van der Waals surface area contributed by atoms with Crippen LogP contribution in [0.3, 0.4) is 0 Å². The second-order valence-electron chi connectivity index (χ2n) is 5.93. The Balaban J connectivity index is 1.83. The first-order valence-corrected chi connectivity index (χ1v) is 9.74. The smallest absolute Gasteiger partial charge is 0.240 e. The van der Waals surface area contributed by atoms with Crippen molar-refractivity contribution < 1.29 is 9.53 Å². The Bertz CT molecular complexity index is 838. The average molecular weight is 428 g/mol. The molecule has 0 bridgehead atoms. The fraction of sp³-hybridized carbons (Fsp3) is 0.300. The minimum atomic E-state index is -0.178. The first kappa shape index (κ1) is 21.5. The molecule has 4 nitrogen and oxygen atoms in total. The Morgan fingerprint density at radius 3 is 2.48 bits per heavy atom. The highest BCUT2D eigenvalue weighted by atomic mass is 35.5. The minimum absolute atomic E-state index is 0.178. The molecule has 1 N–H and O–H groups in total. The van der Waals surface area contributed by atoms with Gasteiger partial charge in [-0.25, -0.2) is 5.43 Å². The molecular formula is C20H21Cl3N2O2. The van der Waals surface area contributed by atoms with Crippen LogP contribution in [0.25, 0.3) is 0 Å². The monoisotopic (exact) mass is 426 g/mol. The SMILES string of the molecule is CC/C(=N\NC(=O)CCCOc1ccc(Cl)cc1C)c1ccc(Cl)cc1Cl. The van der Waals surface area contributed by atoms with Gasteiger partial charge in [-0.2, -0.15) is 5.10 Å². The molecule has 0 spiro atoms. The van der Waals surface area contributed by atoms with Crippen molar-refractivity contribution in [2.75, 3.05) is 6.61 Å². The van der Waals surface area contributed by atoms with E-state index in [2.05, 4.69) is 10.5 Å². The lowest BCUT2D eigenvalue weighted by Gasteiger charge is -2.09. The molecule has 27 heavy (non-hydrogen) atoms. The third-order valence-corrected chi connectivity index (χ3v) is 4.62. The summed E-state index contributed by atoms with van der Waals surface area (Å²) in [6.07, 6.45) is 1.51. The van der Waals surface area contributed by atoms with Gasteiger partial charge in [0.15, 0.2) is 0 Å². The van der Waals surface area contributed by atoms with Crippen molar-refractivity contribution in [2.45, 2.75) is 33.1 Å². The Kier molecular flexibility index (Phi) is 8.42. The number of nitrogens with zero attached hydrogens (tertiary/aromatic N) is 1. The van der Waals surface area contributed by atoms with E-state index >= 15 is 0 Å². The predicted molar refractivity (Wildman–Crippen MR) is 112 cm³/mol. The van der Waals surface area contributed by atoms with Crippen LogP contribution in [-0.2, 0) is 4.79 Å². The summed E-state index contributed by atoms with van der Waals surface area (Å²) in [5, 5.41) is 5.93. The van der Waals surface area contributed by atoms with E-state index in [9.17, 15) is 4.79 Å². The van der Waals surface area contributed by atoms with E-state index < -0.39 is 0 Å². The number of ether oxygens (including phenoxy) is 1. The molecule has 7 heteroatoms. The third-order valence-electron chi connectivity index (χ3n) is 3.84. The van der Waals surface area contributed by atoms with Crippen LogP contribution >= 0.6 is 34.8 Å². The lowest BCUT2D eigenvalue weighted by Crippen LogP contribution is -2.20. The topological polar surface area (TPSA) is 50.7 Å². The Morgan fingerprint density at radius 2 is 1.81 bits per heavy atom. The van der Waals surface area contributed by atoms with E-state index in [1.807, 2.05) is 26.0 Å². The zero-order valence-corrected chi connectivity index (χ0v) is 17.5. The zero-order valence-electron chi connectivity index (χ0n) is 15.2. The minimum Gasteiger partial charge on any atom is -0.493 e. The van der Waals surface area contributed by atoms with Crippen LogP contribution in [0.5, 0.6) is 5.75 Å². The van der Waals surface area contributed by atoms with Gasteiger partial charge in [-0.1, -0.05) is 47.8 Å². The lowest BCUT2D eigenvalue weighted by atomic mass is 10.1. The van der Waals surface area contributed by atoms with Crippen LogP contribution in [0.15, 0.2) is 41.5 Å². The van der Waals surface area contributed by atoms with Gasteiger partial charge in [-0.15, -0.1) is 0 Å². The van der Waals surface area contributed by atoms with Gasteiger partial charge in [0.2, 0.25) is 5.91 Å². The van der Waals surface area contributed by atoms with E-state index in [4.69, 9.17) is 39.5 Å². The van der Waals surface area contributed by atoms with Crippen LogP contribution < -0.4 is 10.2 Å². The van der Waals surface area contributed by atoms with Gasteiger partial charge in [-0.05, 0) is 55.7 Å². The summed E-state index contributed by atoms with van der Waals surface area (Å²) in [5.74, 6) is 0.589. The van der Waals surface area contributed by atoms with E-state index in [-0.39, 0.29) is 5.91 Å². The number of halogens is 3. The maximum Gasteiger partial charge on any atom is 0.240 e. The normalized spacial score (nSPS) is 11.4. The molecule has 0 saturated heterocycles. The van der Waals surface area contributed by atoms with Crippen LogP contribution in [0.2, 0.25) is 15.1 Å². The van der Waals surface area contributed by atoms with Gasteiger partial charge in [0.25, 0.3) is 0 Å². The van der Waals surface area contributed by atoms with Crippen molar-refractivity contribution in [2.24, 2.45) is 5.10 Å². The van der Waals surface area contributed by atoms with Crippen molar-refractivity contribution in [3.63, 3.8) is 0 Å². The maximum absolute atomic E-state index is 12.0. The first-order valence-electron chi connectivity index (χ1n) is 8.60. The van der Waals surface area contributed by atoms with E-state index in [0.29, 0.717) is 46.6 Å². The summed E-state index contributed by atoms with van der Waals surface area (Å²) in [7, 11) is 0. The highest BCUT2D eigenvalue weighted by Gasteiger charge is 2.09. The van der Waals surface area contributed by atoms with Gasteiger partial charge < -0.3 is 4.74 Å². The summed E-state index contributed by atoms with van der Waals surface area (Å²) < 4.78 is 5.68. The number of rotatable bonds is 8. The molecule has 0 heterocycles. The van der Waals surface area contributed by atoms with Crippen molar-refractivity contribution in [1.29, 1.82) is 0 Å². The van der Waals surface area contributed by atoms with E-state index in [1.54, 1.807) is 24.3 Å². The number of aryl methyl sites for hydroxylation is 1. The van der Waals surface area contributed by atoms with Crippen LogP contribution in [0.4, 0.5) is 0 Å². The van der Waals surface area contributed by atoms with Crippen LogP contribution in [-0.4, -0.2) is 18.2 Å². The molecule has 0 aromatic heterocycles. The summed E-state index contributed by atoms with van der Waals surface area (Å²) >= 11 is 18.0. The summed E-state index contributed by atoms with van der Waals surface area (Å²) in [6.45, 7) is 4.30. The van der Waals surface area contributed by atoms with E-state index in [1.165, 1.54) is 0 Å². The molecule has 2 aromatic rings. The largest absolute Gasteiger partial charge is 0.493 e. The van der Waals surface area contributed by atoms with Gasteiger partial charge >= 0.3 is 0 Å². The number of carbonyl (C=O) groups is 1. The zero-order chi connectivity index (χ0) is 19.8.